The summed E-state index contributed by atoms with van der Waals surface area (Å²) in [4.78, 5) is 0. The first-order valence-corrected chi connectivity index (χ1v) is 0. The average molecular weight is 268 g/mol. The third-order valence-corrected chi connectivity index (χ3v) is 0. The van der Waals surface area contributed by atoms with Crippen LogP contribution in [0.5, 0.6) is 0 Å². The number of hydrogen-bond donors (Lipinski definition) is 0. The molecule has 8 N–H and O–H groups in total. The maximum atomic E-state index is 0. The number of rotatable bonds is 0. The van der Waals surface area contributed by atoms with Crippen LogP contribution in [0.25, 0.3) is 0 Å². The molecule has 0 aromatic heterocycles. The first-order chi connectivity index (χ1) is 0. The van der Waals surface area contributed by atoms with Gasteiger partial charge in [-0.3, -0.25) is 0 Å². The molecular formula is H8O4Zn3. The van der Waals surface area contributed by atoms with E-state index in [1.807, 2.05) is 0 Å². The van der Waals surface area contributed by atoms with E-state index < -0.39 is 0 Å². The maximum Gasteiger partial charge on any atom is 0 e. The molecule has 0 unspecified atom stereocenters. The van der Waals surface area contributed by atoms with Gasteiger partial charge in [0.05, 0.1) is 0 Å². The van der Waals surface area contributed by atoms with Gasteiger partial charge in [0.15, 0.2) is 0 Å². The summed E-state index contributed by atoms with van der Waals surface area (Å²) in [5, 5.41) is 0. The Morgan fingerprint density at radius 3 is 0.286 bits per heavy atom. The summed E-state index contributed by atoms with van der Waals surface area (Å²) in [6.45, 7) is 0. The van der Waals surface area contributed by atoms with Gasteiger partial charge in [0.1, 0.15) is 0 Å². The van der Waals surface area contributed by atoms with Gasteiger partial charge in [-0.2, -0.15) is 0 Å². The van der Waals surface area contributed by atoms with Crippen LogP contribution in [0, 0.1) is 0 Å². The summed E-state index contributed by atoms with van der Waals surface area (Å²) in [5.74, 6) is 0. The van der Waals surface area contributed by atoms with Crippen molar-refractivity contribution in [1.29, 1.82) is 0 Å². The molecule has 0 aromatic rings. The number of hydrogen-bond acceptors (Lipinski definition) is 0. The Morgan fingerprint density at radius 2 is 0.286 bits per heavy atom. The molecule has 0 heterocycles. The van der Waals surface area contributed by atoms with Crippen LogP contribution in [0.3, 0.4) is 0 Å². The SMILES string of the molecule is O.O.O.O.[Zn].[Zn].[Zn]. The quantitative estimate of drug-likeness (QED) is 0.408. The van der Waals surface area contributed by atoms with Gasteiger partial charge in [-0.25, -0.2) is 0 Å². The van der Waals surface area contributed by atoms with E-state index in [4.69, 9.17) is 0 Å². The Hall–Kier alpha value is 1.71. The molecule has 7 heavy (non-hydrogen) atoms. The second kappa shape index (κ2) is 119. The minimum Gasteiger partial charge on any atom is -0.412 e. The van der Waals surface area contributed by atoms with Crippen LogP contribution in [0.1, 0.15) is 0 Å². The van der Waals surface area contributed by atoms with Gasteiger partial charge in [-0.05, 0) is 0 Å². The molecule has 0 amide bonds. The Balaban J connectivity index is 0. The largest absolute Gasteiger partial charge is 0.412 e. The van der Waals surface area contributed by atoms with Crippen molar-refractivity contribution >= 4 is 0 Å². The fourth-order valence-corrected chi connectivity index (χ4v) is 0. The monoisotopic (exact) mass is 264 g/mol. The third kappa shape index (κ3) is 86.0. The van der Waals surface area contributed by atoms with E-state index in [0.29, 0.717) is 0 Å². The van der Waals surface area contributed by atoms with Gasteiger partial charge in [0.25, 0.3) is 0 Å². The zero-order valence-corrected chi connectivity index (χ0v) is 13.0. The molecule has 0 spiro atoms. The zero-order valence-electron chi connectivity index (χ0n) is 4.12. The molecule has 0 saturated heterocycles. The molecule has 0 aliphatic carbocycles. The predicted octanol–water partition coefficient (Wildman–Crippen LogP) is -3.31. The Kier molecular flexibility index (Phi) is 3000. The van der Waals surface area contributed by atoms with Crippen LogP contribution in [0.4, 0.5) is 0 Å². The molecule has 0 radical (unpaired) electrons. The second-order valence-corrected chi connectivity index (χ2v) is 0. The van der Waals surface area contributed by atoms with Crippen molar-refractivity contribution < 1.29 is 80.3 Å². The maximum absolute atomic E-state index is 0. The molecular weight excluding hydrogens is 260 g/mol. The smallest absolute Gasteiger partial charge is 0 e. The van der Waals surface area contributed by atoms with Crippen LogP contribution in [0.15, 0.2) is 0 Å². The molecule has 0 aromatic carbocycles. The summed E-state index contributed by atoms with van der Waals surface area (Å²) in [6, 6.07) is 0. The fraction of sp³-hybridized carbons (Fsp3) is 0. The van der Waals surface area contributed by atoms with Crippen molar-refractivity contribution in [3.8, 4) is 0 Å². The summed E-state index contributed by atoms with van der Waals surface area (Å²) in [6.07, 6.45) is 0. The second-order valence-electron chi connectivity index (χ2n) is 0. The van der Waals surface area contributed by atoms with Crippen molar-refractivity contribution in [2.24, 2.45) is 0 Å². The van der Waals surface area contributed by atoms with Crippen LogP contribution in [0.2, 0.25) is 0 Å². The van der Waals surface area contributed by atoms with E-state index in [0.717, 1.165) is 0 Å². The first kappa shape index (κ1) is 177. The molecule has 0 saturated carbocycles. The van der Waals surface area contributed by atoms with Crippen LogP contribution < -0.4 is 0 Å². The van der Waals surface area contributed by atoms with Gasteiger partial charge >= 0.3 is 0 Å². The minimum absolute atomic E-state index is 0. The molecule has 0 rings (SSSR count). The van der Waals surface area contributed by atoms with E-state index in [1.165, 1.54) is 0 Å². The normalized spacial score (nSPS) is 0. The van der Waals surface area contributed by atoms with E-state index in [-0.39, 0.29) is 80.3 Å². The molecule has 0 fully saturated rings. The van der Waals surface area contributed by atoms with Gasteiger partial charge < -0.3 is 21.9 Å². The van der Waals surface area contributed by atoms with E-state index in [2.05, 4.69) is 0 Å². The minimum atomic E-state index is 0. The van der Waals surface area contributed by atoms with E-state index in [1.54, 1.807) is 0 Å². The summed E-state index contributed by atoms with van der Waals surface area (Å²) < 4.78 is 0. The molecule has 0 aliphatic heterocycles. The summed E-state index contributed by atoms with van der Waals surface area (Å²) in [7, 11) is 0. The van der Waals surface area contributed by atoms with Crippen LogP contribution >= 0.6 is 0 Å². The van der Waals surface area contributed by atoms with Gasteiger partial charge in [0, 0.05) is 58.4 Å². The standard InChI is InChI=1S/4H2O.3Zn/h4*1H2;;;. The van der Waals surface area contributed by atoms with Gasteiger partial charge in [0.2, 0.25) is 0 Å². The van der Waals surface area contributed by atoms with Crippen LogP contribution in [-0.2, 0) is 58.4 Å². The molecule has 38 valence electrons. The summed E-state index contributed by atoms with van der Waals surface area (Å²) in [5.41, 5.74) is 0. The zero-order chi connectivity index (χ0) is 0. The van der Waals surface area contributed by atoms with Crippen molar-refractivity contribution in [1.82, 2.24) is 0 Å². The van der Waals surface area contributed by atoms with Gasteiger partial charge in [-0.15, -0.1) is 0 Å². The first-order valence-electron chi connectivity index (χ1n) is 0. The molecule has 0 bridgehead atoms. The van der Waals surface area contributed by atoms with Gasteiger partial charge in [-0.1, -0.05) is 0 Å². The predicted molar refractivity (Wildman–Crippen MR) is 14.5 cm³/mol. The van der Waals surface area contributed by atoms with E-state index in [9.17, 15) is 0 Å². The average Bonchev–Trinajstić information content (AvgIpc) is 0. The van der Waals surface area contributed by atoms with Crippen LogP contribution in [-0.4, -0.2) is 21.9 Å². The molecule has 0 atom stereocenters. The van der Waals surface area contributed by atoms with Crippen molar-refractivity contribution in [3.05, 3.63) is 0 Å². The Bertz CT molecular complexity index is 6.90. The van der Waals surface area contributed by atoms with E-state index >= 15 is 0 Å². The fourth-order valence-electron chi connectivity index (χ4n) is 0. The Morgan fingerprint density at radius 1 is 0.286 bits per heavy atom. The molecule has 7 heteroatoms. The third-order valence-electron chi connectivity index (χ3n) is 0. The van der Waals surface area contributed by atoms with Crippen molar-refractivity contribution in [2.45, 2.75) is 0 Å². The molecule has 0 aliphatic rings. The molecule has 4 nitrogen and oxygen atoms in total. The van der Waals surface area contributed by atoms with Crippen molar-refractivity contribution in [3.63, 3.8) is 0 Å². The van der Waals surface area contributed by atoms with Crippen molar-refractivity contribution in [2.75, 3.05) is 0 Å². The summed E-state index contributed by atoms with van der Waals surface area (Å²) >= 11 is 0. The Labute approximate surface area is 79.9 Å². The topological polar surface area (TPSA) is 126 Å².